The largest absolute Gasteiger partial charge is 0.496 e. The van der Waals surface area contributed by atoms with Crippen molar-refractivity contribution in [1.29, 1.82) is 0 Å². The fourth-order valence-corrected chi connectivity index (χ4v) is 2.91. The molecule has 1 N–H and O–H groups in total. The lowest BCUT2D eigenvalue weighted by atomic mass is 10.1. The number of carbonyl (C=O) groups is 1. The summed E-state index contributed by atoms with van der Waals surface area (Å²) in [4.78, 5) is 25.1. The summed E-state index contributed by atoms with van der Waals surface area (Å²) < 4.78 is 5.37. The highest BCUT2D eigenvalue weighted by atomic mass is 16.6. The topological polar surface area (TPSA) is 84.7 Å². The van der Waals surface area contributed by atoms with Gasteiger partial charge in [-0.1, -0.05) is 23.8 Å². The lowest BCUT2D eigenvalue weighted by molar-refractivity contribution is -0.384. The lowest BCUT2D eigenvalue weighted by Crippen LogP contribution is -2.30. The number of nitro groups is 1. The van der Waals surface area contributed by atoms with Crippen molar-refractivity contribution in [1.82, 2.24) is 4.90 Å². The van der Waals surface area contributed by atoms with E-state index in [-0.39, 0.29) is 23.8 Å². The summed E-state index contributed by atoms with van der Waals surface area (Å²) in [6.45, 7) is 6.23. The van der Waals surface area contributed by atoms with Gasteiger partial charge < -0.3 is 10.1 Å². The Morgan fingerprint density at radius 1 is 1.22 bits per heavy atom. The molecule has 0 spiro atoms. The highest BCUT2D eigenvalue weighted by Crippen LogP contribution is 2.30. The summed E-state index contributed by atoms with van der Waals surface area (Å²) in [7, 11) is 3.43. The second-order valence-electron chi connectivity index (χ2n) is 6.69. The van der Waals surface area contributed by atoms with E-state index in [2.05, 4.69) is 5.32 Å². The van der Waals surface area contributed by atoms with Gasteiger partial charge in [0.05, 0.1) is 18.6 Å². The summed E-state index contributed by atoms with van der Waals surface area (Å²) in [5, 5.41) is 14.0. The Bertz CT molecular complexity index is 865. The van der Waals surface area contributed by atoms with Gasteiger partial charge in [-0.05, 0) is 45.0 Å². The predicted molar refractivity (Wildman–Crippen MR) is 105 cm³/mol. The average molecular weight is 371 g/mol. The summed E-state index contributed by atoms with van der Waals surface area (Å²) >= 11 is 0. The van der Waals surface area contributed by atoms with E-state index in [1.165, 1.54) is 6.07 Å². The van der Waals surface area contributed by atoms with Crippen LogP contribution in [0, 0.1) is 30.9 Å². The molecule has 0 aromatic heterocycles. The van der Waals surface area contributed by atoms with Crippen LogP contribution in [-0.2, 0) is 11.3 Å². The molecule has 0 aliphatic heterocycles. The highest BCUT2D eigenvalue weighted by Gasteiger charge is 2.20. The van der Waals surface area contributed by atoms with Crippen LogP contribution < -0.4 is 10.1 Å². The first kappa shape index (κ1) is 20.4. The predicted octanol–water partition coefficient (Wildman–Crippen LogP) is 3.60. The number of rotatable bonds is 7. The van der Waals surface area contributed by atoms with Crippen molar-refractivity contribution in [3.8, 4) is 5.75 Å². The van der Waals surface area contributed by atoms with Crippen LogP contribution in [0.5, 0.6) is 5.75 Å². The number of nitro benzene ring substituents is 1. The molecular weight excluding hydrogens is 346 g/mol. The molecule has 7 heteroatoms. The molecule has 144 valence electrons. The van der Waals surface area contributed by atoms with Gasteiger partial charge in [0.2, 0.25) is 5.91 Å². The third-order valence-electron chi connectivity index (χ3n) is 4.46. The van der Waals surface area contributed by atoms with E-state index in [4.69, 9.17) is 4.74 Å². The van der Waals surface area contributed by atoms with Gasteiger partial charge in [-0.25, -0.2) is 0 Å². The number of hydrogen-bond acceptors (Lipinski definition) is 5. The van der Waals surface area contributed by atoms with Crippen molar-refractivity contribution in [2.75, 3.05) is 26.0 Å². The number of likely N-dealkylation sites (N-methyl/N-ethyl adjacent to an activating group) is 1. The van der Waals surface area contributed by atoms with Gasteiger partial charge in [0.25, 0.3) is 5.69 Å². The number of benzene rings is 2. The number of ether oxygens (including phenoxy) is 1. The molecule has 0 fully saturated rings. The van der Waals surface area contributed by atoms with Gasteiger partial charge >= 0.3 is 0 Å². The van der Waals surface area contributed by atoms with Crippen LogP contribution in [0.2, 0.25) is 0 Å². The molecule has 0 saturated carbocycles. The van der Waals surface area contributed by atoms with E-state index >= 15 is 0 Å². The molecule has 2 rings (SSSR count). The molecular formula is C20H25N3O4. The zero-order valence-corrected chi connectivity index (χ0v) is 16.3. The number of carbonyl (C=O) groups excluding carboxylic acids is 1. The van der Waals surface area contributed by atoms with Crippen molar-refractivity contribution < 1.29 is 14.5 Å². The minimum absolute atomic E-state index is 0.0988. The Balaban J connectivity index is 2.12. The number of hydrogen-bond donors (Lipinski definition) is 1. The first-order valence-corrected chi connectivity index (χ1v) is 8.59. The van der Waals surface area contributed by atoms with Crippen LogP contribution in [0.3, 0.4) is 0 Å². The second-order valence-corrected chi connectivity index (χ2v) is 6.69. The minimum Gasteiger partial charge on any atom is -0.496 e. The Labute approximate surface area is 159 Å². The van der Waals surface area contributed by atoms with Crippen LogP contribution in [0.15, 0.2) is 30.3 Å². The van der Waals surface area contributed by atoms with Crippen molar-refractivity contribution in [3.05, 3.63) is 62.7 Å². The molecule has 0 radical (unpaired) electrons. The lowest BCUT2D eigenvalue weighted by Gasteiger charge is -2.19. The summed E-state index contributed by atoms with van der Waals surface area (Å²) in [5.74, 6) is 0.457. The summed E-state index contributed by atoms with van der Waals surface area (Å²) in [6, 6.07) is 8.98. The number of nitrogens with zero attached hydrogens (tertiary/aromatic N) is 2. The van der Waals surface area contributed by atoms with Gasteiger partial charge in [-0.3, -0.25) is 19.8 Å². The maximum Gasteiger partial charge on any atom is 0.293 e. The molecule has 7 nitrogen and oxygen atoms in total. The number of methoxy groups -OCH3 is 1. The average Bonchev–Trinajstić information content (AvgIpc) is 2.58. The number of anilines is 1. The SMILES string of the molecule is COc1ccc(C)cc1CN(C)CC(=O)Nc1c([N+](=O)[O-])ccc(C)c1C. The Morgan fingerprint density at radius 2 is 1.93 bits per heavy atom. The van der Waals surface area contributed by atoms with Crippen LogP contribution in [0.4, 0.5) is 11.4 Å². The van der Waals surface area contributed by atoms with Gasteiger partial charge in [-0.15, -0.1) is 0 Å². The van der Waals surface area contributed by atoms with Gasteiger partial charge in [0, 0.05) is 18.2 Å². The van der Waals surface area contributed by atoms with Gasteiger partial charge in [0.1, 0.15) is 11.4 Å². The maximum atomic E-state index is 12.5. The normalized spacial score (nSPS) is 10.7. The maximum absolute atomic E-state index is 12.5. The molecule has 0 aliphatic rings. The Kier molecular flexibility index (Phi) is 6.52. The van der Waals surface area contributed by atoms with E-state index in [0.29, 0.717) is 12.1 Å². The van der Waals surface area contributed by atoms with Crippen LogP contribution >= 0.6 is 0 Å². The molecule has 0 saturated heterocycles. The second kappa shape index (κ2) is 8.64. The molecule has 27 heavy (non-hydrogen) atoms. The van der Waals surface area contributed by atoms with Crippen LogP contribution in [-0.4, -0.2) is 36.4 Å². The molecule has 0 unspecified atom stereocenters. The zero-order valence-electron chi connectivity index (χ0n) is 16.3. The third-order valence-corrected chi connectivity index (χ3v) is 4.46. The number of amides is 1. The third kappa shape index (κ3) is 5.04. The molecule has 0 aliphatic carbocycles. The molecule has 0 heterocycles. The van der Waals surface area contributed by atoms with E-state index in [1.807, 2.05) is 44.0 Å². The fourth-order valence-electron chi connectivity index (χ4n) is 2.91. The molecule has 2 aromatic carbocycles. The zero-order chi connectivity index (χ0) is 20.1. The van der Waals surface area contributed by atoms with Gasteiger partial charge in [-0.2, -0.15) is 0 Å². The number of nitrogens with one attached hydrogen (secondary N) is 1. The highest BCUT2D eigenvalue weighted by molar-refractivity contribution is 5.95. The fraction of sp³-hybridized carbons (Fsp3) is 0.350. The molecule has 1 amide bonds. The molecule has 2 aromatic rings. The van der Waals surface area contributed by atoms with Crippen molar-refractivity contribution in [2.45, 2.75) is 27.3 Å². The monoisotopic (exact) mass is 371 g/mol. The van der Waals surface area contributed by atoms with Crippen molar-refractivity contribution in [2.24, 2.45) is 0 Å². The van der Waals surface area contributed by atoms with Gasteiger partial charge in [0.15, 0.2) is 0 Å². The first-order chi connectivity index (χ1) is 12.7. The molecule has 0 bridgehead atoms. The van der Waals surface area contributed by atoms with Crippen molar-refractivity contribution >= 4 is 17.3 Å². The quantitative estimate of drug-likeness (QED) is 0.594. The smallest absolute Gasteiger partial charge is 0.293 e. The van der Waals surface area contributed by atoms with E-state index in [0.717, 1.165) is 22.4 Å². The number of aryl methyl sites for hydroxylation is 2. The summed E-state index contributed by atoms with van der Waals surface area (Å²) in [6.07, 6.45) is 0. The van der Waals surface area contributed by atoms with Crippen molar-refractivity contribution in [3.63, 3.8) is 0 Å². The first-order valence-electron chi connectivity index (χ1n) is 8.59. The Hall–Kier alpha value is -2.93. The summed E-state index contributed by atoms with van der Waals surface area (Å²) in [5.41, 5.74) is 3.82. The van der Waals surface area contributed by atoms with E-state index in [1.54, 1.807) is 20.1 Å². The van der Waals surface area contributed by atoms with E-state index in [9.17, 15) is 14.9 Å². The molecule has 0 atom stereocenters. The van der Waals surface area contributed by atoms with E-state index < -0.39 is 4.92 Å². The minimum atomic E-state index is -0.483. The Morgan fingerprint density at radius 3 is 2.56 bits per heavy atom. The van der Waals surface area contributed by atoms with Crippen LogP contribution in [0.1, 0.15) is 22.3 Å². The van der Waals surface area contributed by atoms with Crippen LogP contribution in [0.25, 0.3) is 0 Å². The standard InChI is InChI=1S/C20H25N3O4/c1-13-6-9-18(27-5)16(10-13)11-22(4)12-19(24)21-20-15(3)14(2)7-8-17(20)23(25)26/h6-10H,11-12H2,1-5H3,(H,21,24).